The normalized spacial score (nSPS) is 33.1. The Hall–Kier alpha value is -3.34. The van der Waals surface area contributed by atoms with Crippen molar-refractivity contribution >= 4 is 35.8 Å². The summed E-state index contributed by atoms with van der Waals surface area (Å²) in [5.41, 5.74) is 0. The van der Waals surface area contributed by atoms with Gasteiger partial charge in [0.1, 0.15) is 18.8 Å². The molecular weight excluding hydrogens is 556 g/mol. The Kier molecular flexibility index (Phi) is 12.4. The zero-order valence-electron chi connectivity index (χ0n) is 24.0. The minimum absolute atomic E-state index is 0.483. The molecular formula is C25H36O16. The SMILES string of the molecule is CO[C@@H]1O[C@H](C)[C@@H](O[C@H]2O[C@@H](COC(C)=O)[C@H](OC(C)=O)[C@@H](OC(C)=O)[C@@H]2OC(C)=O)[C@H](OC(C)=O)[C@H]1OC(C)=O. The third-order valence-electron chi connectivity index (χ3n) is 5.80. The van der Waals surface area contributed by atoms with Crippen molar-refractivity contribution in [1.82, 2.24) is 0 Å². The van der Waals surface area contributed by atoms with Crippen LogP contribution in [0.2, 0.25) is 0 Å². The predicted molar refractivity (Wildman–Crippen MR) is 129 cm³/mol. The number of carbonyl (C=O) groups is 6. The van der Waals surface area contributed by atoms with E-state index in [1.165, 1.54) is 7.11 Å². The monoisotopic (exact) mass is 592 g/mol. The van der Waals surface area contributed by atoms with Crippen LogP contribution in [0.3, 0.4) is 0 Å². The minimum Gasteiger partial charge on any atom is -0.463 e. The van der Waals surface area contributed by atoms with Gasteiger partial charge in [-0.05, 0) is 6.92 Å². The van der Waals surface area contributed by atoms with Crippen LogP contribution in [0.25, 0.3) is 0 Å². The van der Waals surface area contributed by atoms with E-state index >= 15 is 0 Å². The highest BCUT2D eigenvalue weighted by molar-refractivity contribution is 5.69. The van der Waals surface area contributed by atoms with Gasteiger partial charge < -0.3 is 47.4 Å². The van der Waals surface area contributed by atoms with Crippen molar-refractivity contribution in [3.8, 4) is 0 Å². The predicted octanol–water partition coefficient (Wildman–Crippen LogP) is -0.291. The van der Waals surface area contributed by atoms with E-state index in [0.29, 0.717) is 0 Å². The highest BCUT2D eigenvalue weighted by atomic mass is 16.8. The summed E-state index contributed by atoms with van der Waals surface area (Å²) in [6, 6.07) is 0. The van der Waals surface area contributed by atoms with Gasteiger partial charge in [0, 0.05) is 48.7 Å². The molecule has 2 heterocycles. The highest BCUT2D eigenvalue weighted by Gasteiger charge is 2.56. The molecule has 2 aliphatic rings. The maximum absolute atomic E-state index is 12.1. The molecule has 0 unspecified atom stereocenters. The second-order valence-corrected chi connectivity index (χ2v) is 9.26. The third-order valence-corrected chi connectivity index (χ3v) is 5.80. The molecule has 16 heteroatoms. The molecule has 2 saturated heterocycles. The lowest BCUT2D eigenvalue weighted by molar-refractivity contribution is -0.355. The van der Waals surface area contributed by atoms with Gasteiger partial charge in [-0.1, -0.05) is 0 Å². The molecule has 0 aromatic carbocycles. The van der Waals surface area contributed by atoms with E-state index in [0.717, 1.165) is 41.5 Å². The minimum atomic E-state index is -1.61. The van der Waals surface area contributed by atoms with Gasteiger partial charge in [0.2, 0.25) is 0 Å². The van der Waals surface area contributed by atoms with Gasteiger partial charge in [0.25, 0.3) is 0 Å². The van der Waals surface area contributed by atoms with E-state index in [9.17, 15) is 28.8 Å². The standard InChI is InChI=1S/C25H36O16/c1-10-18(20(36-13(4)28)22(38-15(6)30)24(32-8)34-10)41-25-23(39-16(7)31)21(37-14(5)29)19(35-12(3)27)17(40-25)9-33-11(2)26/h10,17-25H,9H2,1-8H3/t10-,17+,18-,19+,20+,21-,22-,23+,24-,25-/m1/s1. The lowest BCUT2D eigenvalue weighted by Crippen LogP contribution is -2.66. The molecule has 0 spiro atoms. The number of methoxy groups -OCH3 is 1. The fourth-order valence-corrected chi connectivity index (χ4v) is 4.45. The molecule has 0 aromatic heterocycles. The molecule has 0 N–H and O–H groups in total. The maximum atomic E-state index is 12.1. The Morgan fingerprint density at radius 1 is 0.537 bits per heavy atom. The Balaban J connectivity index is 2.58. The van der Waals surface area contributed by atoms with Gasteiger partial charge in [-0.25, -0.2) is 0 Å². The van der Waals surface area contributed by atoms with Crippen molar-refractivity contribution in [1.29, 1.82) is 0 Å². The van der Waals surface area contributed by atoms with Crippen LogP contribution >= 0.6 is 0 Å². The summed E-state index contributed by atoms with van der Waals surface area (Å²) in [7, 11) is 1.29. The molecule has 0 aromatic rings. The van der Waals surface area contributed by atoms with Crippen molar-refractivity contribution in [2.24, 2.45) is 0 Å². The summed E-state index contributed by atoms with van der Waals surface area (Å²) in [5.74, 6) is -4.67. The van der Waals surface area contributed by atoms with E-state index in [4.69, 9.17) is 47.4 Å². The molecule has 0 saturated carbocycles. The van der Waals surface area contributed by atoms with Crippen molar-refractivity contribution in [2.75, 3.05) is 13.7 Å². The van der Waals surface area contributed by atoms with Crippen molar-refractivity contribution in [2.45, 2.75) is 110 Å². The molecule has 2 rings (SSSR count). The Labute approximate surface area is 236 Å². The van der Waals surface area contributed by atoms with Crippen LogP contribution in [0.4, 0.5) is 0 Å². The Bertz CT molecular complexity index is 981. The number of rotatable bonds is 10. The largest absolute Gasteiger partial charge is 0.463 e. The quantitative estimate of drug-likeness (QED) is 0.237. The second kappa shape index (κ2) is 15.0. The summed E-state index contributed by atoms with van der Waals surface area (Å²) >= 11 is 0. The first-order valence-corrected chi connectivity index (χ1v) is 12.6. The summed E-state index contributed by atoms with van der Waals surface area (Å²) in [6.07, 6.45) is -13.3. The maximum Gasteiger partial charge on any atom is 0.303 e. The first kappa shape index (κ1) is 33.9. The van der Waals surface area contributed by atoms with Crippen LogP contribution in [-0.4, -0.2) is 111 Å². The number of ether oxygens (including phenoxy) is 10. The fraction of sp³-hybridized carbons (Fsp3) is 0.760. The van der Waals surface area contributed by atoms with Crippen molar-refractivity contribution in [3.63, 3.8) is 0 Å². The molecule has 2 aliphatic heterocycles. The number of hydrogen-bond acceptors (Lipinski definition) is 16. The summed E-state index contributed by atoms with van der Waals surface area (Å²) in [5, 5.41) is 0. The zero-order chi connectivity index (χ0) is 31.0. The van der Waals surface area contributed by atoms with Crippen molar-refractivity contribution in [3.05, 3.63) is 0 Å². The van der Waals surface area contributed by atoms with Gasteiger partial charge >= 0.3 is 35.8 Å². The van der Waals surface area contributed by atoms with Crippen LogP contribution < -0.4 is 0 Å². The number of hydrogen-bond donors (Lipinski definition) is 0. The van der Waals surface area contributed by atoms with E-state index in [-0.39, 0.29) is 0 Å². The fourth-order valence-electron chi connectivity index (χ4n) is 4.45. The van der Waals surface area contributed by atoms with Crippen molar-refractivity contribution < 1.29 is 76.1 Å². The average Bonchev–Trinajstić information content (AvgIpc) is 2.83. The molecule has 0 aliphatic carbocycles. The van der Waals surface area contributed by atoms with E-state index in [2.05, 4.69) is 0 Å². The number of esters is 6. The van der Waals surface area contributed by atoms with Crippen LogP contribution in [-0.2, 0) is 76.1 Å². The third kappa shape index (κ3) is 9.62. The van der Waals surface area contributed by atoms with Gasteiger partial charge in [-0.3, -0.25) is 28.8 Å². The Morgan fingerprint density at radius 2 is 0.951 bits per heavy atom. The molecule has 2 fully saturated rings. The highest BCUT2D eigenvalue weighted by Crippen LogP contribution is 2.35. The lowest BCUT2D eigenvalue weighted by Gasteiger charge is -2.48. The number of carbonyl (C=O) groups excluding carboxylic acids is 6. The zero-order valence-corrected chi connectivity index (χ0v) is 24.0. The van der Waals surface area contributed by atoms with Gasteiger partial charge in [-0.2, -0.15) is 0 Å². The average molecular weight is 593 g/mol. The van der Waals surface area contributed by atoms with Crippen LogP contribution in [0.5, 0.6) is 0 Å². The smallest absolute Gasteiger partial charge is 0.303 e. The van der Waals surface area contributed by atoms with Gasteiger partial charge in [0.15, 0.2) is 43.1 Å². The first-order chi connectivity index (χ1) is 19.1. The second-order valence-electron chi connectivity index (χ2n) is 9.26. The molecule has 0 bridgehead atoms. The molecule has 232 valence electrons. The summed E-state index contributed by atoms with van der Waals surface area (Å²) in [6.45, 7) is 7.68. The van der Waals surface area contributed by atoms with Crippen LogP contribution in [0.15, 0.2) is 0 Å². The first-order valence-electron chi connectivity index (χ1n) is 12.6. The molecule has 10 atom stereocenters. The Morgan fingerprint density at radius 3 is 1.39 bits per heavy atom. The lowest BCUT2D eigenvalue weighted by atomic mass is 9.96. The van der Waals surface area contributed by atoms with Gasteiger partial charge in [-0.15, -0.1) is 0 Å². The topological polar surface area (TPSA) is 195 Å². The summed E-state index contributed by atoms with van der Waals surface area (Å²) < 4.78 is 55.2. The molecule has 16 nitrogen and oxygen atoms in total. The summed E-state index contributed by atoms with van der Waals surface area (Å²) in [4.78, 5) is 71.6. The van der Waals surface area contributed by atoms with E-state index in [1.54, 1.807) is 6.92 Å². The molecule has 41 heavy (non-hydrogen) atoms. The van der Waals surface area contributed by atoms with Crippen LogP contribution in [0, 0.1) is 0 Å². The molecule has 0 amide bonds. The van der Waals surface area contributed by atoms with E-state index in [1.807, 2.05) is 0 Å². The molecule has 0 radical (unpaired) electrons. The van der Waals surface area contributed by atoms with Crippen LogP contribution in [0.1, 0.15) is 48.5 Å². The van der Waals surface area contributed by atoms with E-state index < -0.39 is 104 Å². The van der Waals surface area contributed by atoms with Gasteiger partial charge in [0.05, 0.1) is 6.10 Å².